The first-order valence-electron chi connectivity index (χ1n) is 5.27. The average Bonchev–Trinajstić information content (AvgIpc) is 2.19. The molecular weight excluding hydrogens is 160 g/mol. The van der Waals surface area contributed by atoms with Crippen molar-refractivity contribution in [2.24, 2.45) is 0 Å². The number of hydrogen-bond acceptors (Lipinski definition) is 1. The molecule has 0 saturated carbocycles. The van der Waals surface area contributed by atoms with Crippen LogP contribution in [-0.2, 0) is 4.74 Å². The van der Waals surface area contributed by atoms with Crippen molar-refractivity contribution >= 4 is 0 Å². The fraction of sp³-hybridized carbons (Fsp3) is 0.667. The fourth-order valence-electron chi connectivity index (χ4n) is 1.64. The Labute approximate surface area is 81.5 Å². The van der Waals surface area contributed by atoms with E-state index >= 15 is 0 Å². The van der Waals surface area contributed by atoms with Crippen LogP contribution in [0.2, 0.25) is 0 Å². The van der Waals surface area contributed by atoms with Crippen molar-refractivity contribution in [3.05, 3.63) is 23.8 Å². The second kappa shape index (κ2) is 6.90. The first-order valence-corrected chi connectivity index (χ1v) is 5.27. The van der Waals surface area contributed by atoms with Crippen molar-refractivity contribution in [3.63, 3.8) is 0 Å². The molecule has 1 aliphatic carbocycles. The minimum atomic E-state index is 0.916. The summed E-state index contributed by atoms with van der Waals surface area (Å²) in [7, 11) is 1.77. The molecule has 0 bridgehead atoms. The summed E-state index contributed by atoms with van der Waals surface area (Å²) in [4.78, 5) is 0. The molecule has 0 aromatic heterocycles. The number of ether oxygens (including phenoxy) is 1. The molecule has 0 spiro atoms. The Kier molecular flexibility index (Phi) is 5.59. The highest BCUT2D eigenvalue weighted by Gasteiger charge is 1.98. The summed E-state index contributed by atoms with van der Waals surface area (Å²) in [6.07, 6.45) is 14.3. The Bertz CT molecular complexity index is 180. The number of allylic oxidation sites excluding steroid dienone is 4. The lowest BCUT2D eigenvalue weighted by Gasteiger charge is -2.08. The van der Waals surface area contributed by atoms with Gasteiger partial charge in [0, 0.05) is 13.7 Å². The average molecular weight is 180 g/mol. The van der Waals surface area contributed by atoms with Gasteiger partial charge < -0.3 is 4.74 Å². The Morgan fingerprint density at radius 1 is 1.31 bits per heavy atom. The Hall–Kier alpha value is -0.560. The molecule has 0 radical (unpaired) electrons. The maximum atomic E-state index is 5.01. The normalized spacial score (nSPS) is 15.9. The summed E-state index contributed by atoms with van der Waals surface area (Å²) in [5.74, 6) is 0. The van der Waals surface area contributed by atoms with Crippen molar-refractivity contribution in [3.8, 4) is 0 Å². The van der Waals surface area contributed by atoms with Crippen molar-refractivity contribution in [2.45, 2.75) is 38.5 Å². The van der Waals surface area contributed by atoms with Crippen LogP contribution < -0.4 is 0 Å². The fourth-order valence-corrected chi connectivity index (χ4v) is 1.64. The maximum Gasteiger partial charge on any atom is 0.0462 e. The van der Waals surface area contributed by atoms with Gasteiger partial charge in [0.25, 0.3) is 0 Å². The molecule has 1 heteroatoms. The molecular formula is C12H20O. The number of rotatable bonds is 6. The van der Waals surface area contributed by atoms with Crippen molar-refractivity contribution in [2.75, 3.05) is 13.7 Å². The van der Waals surface area contributed by atoms with E-state index in [4.69, 9.17) is 4.74 Å². The zero-order valence-electron chi connectivity index (χ0n) is 8.59. The highest BCUT2D eigenvalue weighted by atomic mass is 16.5. The SMILES string of the molecule is COCCCCCC1=CC=CCC1. The monoisotopic (exact) mass is 180 g/mol. The molecule has 0 amide bonds. The van der Waals surface area contributed by atoms with Gasteiger partial charge in [-0.05, 0) is 32.1 Å². The highest BCUT2D eigenvalue weighted by Crippen LogP contribution is 2.18. The second-order valence-corrected chi connectivity index (χ2v) is 3.60. The van der Waals surface area contributed by atoms with Gasteiger partial charge in [-0.2, -0.15) is 0 Å². The van der Waals surface area contributed by atoms with Crippen molar-refractivity contribution in [1.29, 1.82) is 0 Å². The van der Waals surface area contributed by atoms with Gasteiger partial charge >= 0.3 is 0 Å². The van der Waals surface area contributed by atoms with Crippen LogP contribution in [0.1, 0.15) is 38.5 Å². The molecule has 0 unspecified atom stereocenters. The minimum absolute atomic E-state index is 0.916. The van der Waals surface area contributed by atoms with Crippen LogP contribution in [0.15, 0.2) is 23.8 Å². The van der Waals surface area contributed by atoms with Gasteiger partial charge in [0.15, 0.2) is 0 Å². The smallest absolute Gasteiger partial charge is 0.0462 e. The molecule has 0 atom stereocenters. The van der Waals surface area contributed by atoms with E-state index in [2.05, 4.69) is 18.2 Å². The molecule has 0 saturated heterocycles. The first-order chi connectivity index (χ1) is 6.43. The Morgan fingerprint density at radius 3 is 2.92 bits per heavy atom. The highest BCUT2D eigenvalue weighted by molar-refractivity contribution is 5.17. The molecule has 0 aromatic carbocycles. The maximum absolute atomic E-state index is 5.01. The summed E-state index contributed by atoms with van der Waals surface area (Å²) < 4.78 is 5.01. The topological polar surface area (TPSA) is 9.23 Å². The molecule has 0 aliphatic heterocycles. The van der Waals surface area contributed by atoms with Gasteiger partial charge in [-0.1, -0.05) is 30.2 Å². The van der Waals surface area contributed by atoms with E-state index in [1.54, 1.807) is 12.7 Å². The van der Waals surface area contributed by atoms with Gasteiger partial charge in [0.2, 0.25) is 0 Å². The van der Waals surface area contributed by atoms with Crippen LogP contribution in [0.25, 0.3) is 0 Å². The third-order valence-corrected chi connectivity index (χ3v) is 2.45. The van der Waals surface area contributed by atoms with Crippen molar-refractivity contribution < 1.29 is 4.74 Å². The van der Waals surface area contributed by atoms with Crippen LogP contribution >= 0.6 is 0 Å². The predicted molar refractivity (Wildman–Crippen MR) is 56.8 cm³/mol. The summed E-state index contributed by atoms with van der Waals surface area (Å²) >= 11 is 0. The quantitative estimate of drug-likeness (QED) is 0.569. The largest absolute Gasteiger partial charge is 0.385 e. The molecule has 1 nitrogen and oxygen atoms in total. The van der Waals surface area contributed by atoms with Gasteiger partial charge in [0.1, 0.15) is 0 Å². The predicted octanol–water partition coefficient (Wildman–Crippen LogP) is 3.47. The van der Waals surface area contributed by atoms with E-state index in [1.807, 2.05) is 0 Å². The lowest BCUT2D eigenvalue weighted by molar-refractivity contribution is 0.192. The van der Waals surface area contributed by atoms with E-state index in [0.717, 1.165) is 6.61 Å². The van der Waals surface area contributed by atoms with Gasteiger partial charge in [-0.3, -0.25) is 0 Å². The molecule has 1 rings (SSSR count). The van der Waals surface area contributed by atoms with E-state index in [0.29, 0.717) is 0 Å². The van der Waals surface area contributed by atoms with E-state index < -0.39 is 0 Å². The lowest BCUT2D eigenvalue weighted by Crippen LogP contribution is -1.91. The summed E-state index contributed by atoms with van der Waals surface area (Å²) in [5.41, 5.74) is 1.62. The van der Waals surface area contributed by atoms with E-state index in [9.17, 15) is 0 Å². The van der Waals surface area contributed by atoms with Gasteiger partial charge in [-0.15, -0.1) is 0 Å². The number of hydrogen-bond donors (Lipinski definition) is 0. The summed E-state index contributed by atoms with van der Waals surface area (Å²) in [5, 5.41) is 0. The van der Waals surface area contributed by atoms with E-state index in [1.165, 1.54) is 38.5 Å². The van der Waals surface area contributed by atoms with Crippen LogP contribution in [-0.4, -0.2) is 13.7 Å². The third kappa shape index (κ3) is 4.89. The third-order valence-electron chi connectivity index (χ3n) is 2.45. The minimum Gasteiger partial charge on any atom is -0.385 e. The lowest BCUT2D eigenvalue weighted by atomic mass is 9.99. The number of methoxy groups -OCH3 is 1. The van der Waals surface area contributed by atoms with Crippen molar-refractivity contribution in [1.82, 2.24) is 0 Å². The van der Waals surface area contributed by atoms with Crippen LogP contribution in [0.4, 0.5) is 0 Å². The molecule has 1 aliphatic rings. The van der Waals surface area contributed by atoms with Crippen LogP contribution in [0, 0.1) is 0 Å². The molecule has 0 aromatic rings. The second-order valence-electron chi connectivity index (χ2n) is 3.60. The van der Waals surface area contributed by atoms with Gasteiger partial charge in [0.05, 0.1) is 0 Å². The standard InChI is InChI=1S/C12H20O/c1-13-11-7-3-6-10-12-8-4-2-5-9-12/h2,4,8H,3,5-7,9-11H2,1H3. The zero-order valence-corrected chi connectivity index (χ0v) is 8.59. The van der Waals surface area contributed by atoms with E-state index in [-0.39, 0.29) is 0 Å². The molecule has 74 valence electrons. The molecule has 13 heavy (non-hydrogen) atoms. The molecule has 0 heterocycles. The molecule has 0 N–H and O–H groups in total. The number of unbranched alkanes of at least 4 members (excludes halogenated alkanes) is 2. The van der Waals surface area contributed by atoms with Crippen LogP contribution in [0.5, 0.6) is 0 Å². The van der Waals surface area contributed by atoms with Gasteiger partial charge in [-0.25, -0.2) is 0 Å². The first kappa shape index (κ1) is 10.5. The summed E-state index contributed by atoms with van der Waals surface area (Å²) in [6, 6.07) is 0. The Morgan fingerprint density at radius 2 is 2.23 bits per heavy atom. The zero-order chi connectivity index (χ0) is 9.36. The van der Waals surface area contributed by atoms with Crippen LogP contribution in [0.3, 0.4) is 0 Å². The summed E-state index contributed by atoms with van der Waals surface area (Å²) in [6.45, 7) is 0.916. The molecule has 0 fully saturated rings. The Balaban J connectivity index is 1.99.